The Hall–Kier alpha value is -2.09. The van der Waals surface area contributed by atoms with E-state index in [9.17, 15) is 18.0 Å². The minimum absolute atomic E-state index is 0.0508. The van der Waals surface area contributed by atoms with E-state index in [2.05, 4.69) is 5.32 Å². The van der Waals surface area contributed by atoms with E-state index in [1.54, 1.807) is 20.8 Å². The van der Waals surface area contributed by atoms with Gasteiger partial charge in [0.05, 0.1) is 4.90 Å². The Morgan fingerprint density at radius 1 is 1.09 bits per heavy atom. The largest absolute Gasteiger partial charge is 0.458 e. The van der Waals surface area contributed by atoms with Crippen LogP contribution < -0.4 is 10.0 Å². The highest BCUT2D eigenvalue weighted by Crippen LogP contribution is 2.19. The number of amides is 2. The quantitative estimate of drug-likeness (QED) is 0.801. The number of carbonyl (C=O) groups is 2. The van der Waals surface area contributed by atoms with E-state index in [0.717, 1.165) is 0 Å². The Morgan fingerprint density at radius 2 is 1.64 bits per heavy atom. The van der Waals surface area contributed by atoms with Crippen LogP contribution in [0.4, 0.5) is 4.79 Å². The van der Waals surface area contributed by atoms with Crippen LogP contribution >= 0.6 is 0 Å². The molecule has 1 aromatic carbocycles. The summed E-state index contributed by atoms with van der Waals surface area (Å²) in [5, 5.41) is 2.43. The van der Waals surface area contributed by atoms with Crippen molar-refractivity contribution >= 4 is 22.0 Å². The van der Waals surface area contributed by atoms with Crippen LogP contribution in [0.3, 0.4) is 0 Å². The second-order valence-corrected chi connectivity index (χ2v) is 6.74. The van der Waals surface area contributed by atoms with E-state index in [4.69, 9.17) is 4.74 Å². The molecule has 7 nitrogen and oxygen atoms in total. The van der Waals surface area contributed by atoms with Gasteiger partial charge < -0.3 is 10.1 Å². The van der Waals surface area contributed by atoms with E-state index in [0.29, 0.717) is 5.56 Å². The molecular weight excluding hydrogens is 308 g/mol. The fraction of sp³-hybridized carbons (Fsp3) is 0.429. The van der Waals surface area contributed by atoms with E-state index in [1.165, 1.54) is 31.2 Å². The van der Waals surface area contributed by atoms with Crippen LogP contribution in [-0.4, -0.2) is 26.5 Å². The molecule has 22 heavy (non-hydrogen) atoms. The van der Waals surface area contributed by atoms with Crippen molar-refractivity contribution in [2.24, 2.45) is 0 Å². The smallest absolute Gasteiger partial charge is 0.328 e. The Bertz CT molecular complexity index is 638. The van der Waals surface area contributed by atoms with Gasteiger partial charge in [-0.1, -0.05) is 12.1 Å². The van der Waals surface area contributed by atoms with Crippen LogP contribution in [0.1, 0.15) is 39.4 Å². The molecule has 0 radical (unpaired) electrons. The molecule has 1 atom stereocenters. The molecule has 1 unspecified atom stereocenters. The van der Waals surface area contributed by atoms with Crippen molar-refractivity contribution in [2.45, 2.75) is 44.7 Å². The second-order valence-electron chi connectivity index (χ2n) is 5.05. The number of sulfonamides is 1. The molecule has 0 saturated heterocycles. The summed E-state index contributed by atoms with van der Waals surface area (Å²) in [6.07, 6.45) is -0.480. The molecule has 122 valence electrons. The fourth-order valence-electron chi connectivity index (χ4n) is 1.71. The van der Waals surface area contributed by atoms with Gasteiger partial charge in [-0.3, -0.25) is 4.79 Å². The lowest BCUT2D eigenvalue weighted by molar-refractivity contribution is -0.145. The number of esters is 1. The van der Waals surface area contributed by atoms with E-state index >= 15 is 0 Å². The van der Waals surface area contributed by atoms with E-state index in [-0.39, 0.29) is 10.9 Å². The minimum atomic E-state index is -3.94. The molecule has 0 aromatic heterocycles. The third-order valence-corrected chi connectivity index (χ3v) is 4.00. The number of carbonyl (C=O) groups excluding carboxylic acids is 2. The van der Waals surface area contributed by atoms with Gasteiger partial charge in [0.2, 0.25) is 0 Å². The van der Waals surface area contributed by atoms with Crippen molar-refractivity contribution in [1.82, 2.24) is 10.0 Å². The van der Waals surface area contributed by atoms with Gasteiger partial charge in [0.15, 0.2) is 0 Å². The summed E-state index contributed by atoms with van der Waals surface area (Å²) >= 11 is 0. The molecule has 0 aliphatic rings. The van der Waals surface area contributed by atoms with Crippen molar-refractivity contribution in [3.8, 4) is 0 Å². The number of hydrogen-bond acceptors (Lipinski definition) is 5. The number of rotatable bonds is 5. The summed E-state index contributed by atoms with van der Waals surface area (Å²) in [7, 11) is -3.94. The lowest BCUT2D eigenvalue weighted by Gasteiger charge is -2.13. The summed E-state index contributed by atoms with van der Waals surface area (Å²) in [4.78, 5) is 22.3. The van der Waals surface area contributed by atoms with Gasteiger partial charge in [-0.05, 0) is 38.5 Å². The molecular formula is C14H20N2O5S. The molecule has 8 heteroatoms. The van der Waals surface area contributed by atoms with Crippen LogP contribution in [0.25, 0.3) is 0 Å². The van der Waals surface area contributed by atoms with Gasteiger partial charge in [0.1, 0.15) is 6.10 Å². The van der Waals surface area contributed by atoms with Crippen molar-refractivity contribution < 1.29 is 22.7 Å². The van der Waals surface area contributed by atoms with Crippen molar-refractivity contribution in [3.63, 3.8) is 0 Å². The van der Waals surface area contributed by atoms with Crippen LogP contribution in [0, 0.1) is 0 Å². The lowest BCUT2D eigenvalue weighted by atomic mass is 10.1. The number of ether oxygens (including phenoxy) is 1. The van der Waals surface area contributed by atoms with Crippen LogP contribution in [-0.2, 0) is 19.6 Å². The predicted octanol–water partition coefficient (Wildman–Crippen LogP) is 1.71. The first-order valence-electron chi connectivity index (χ1n) is 6.72. The molecule has 0 heterocycles. The zero-order valence-corrected chi connectivity index (χ0v) is 13.7. The average molecular weight is 328 g/mol. The molecule has 1 rings (SSSR count). The number of nitrogens with one attached hydrogen (secondary N) is 2. The monoisotopic (exact) mass is 328 g/mol. The van der Waals surface area contributed by atoms with E-state index in [1.807, 2.05) is 4.72 Å². The van der Waals surface area contributed by atoms with Gasteiger partial charge >= 0.3 is 12.0 Å². The predicted molar refractivity (Wildman–Crippen MR) is 80.6 cm³/mol. The number of benzene rings is 1. The molecule has 0 spiro atoms. The third kappa shape index (κ3) is 5.36. The normalized spacial score (nSPS) is 12.6. The van der Waals surface area contributed by atoms with Crippen LogP contribution in [0.2, 0.25) is 0 Å². The van der Waals surface area contributed by atoms with Gasteiger partial charge in [-0.15, -0.1) is 0 Å². The first-order valence-corrected chi connectivity index (χ1v) is 8.20. The highest BCUT2D eigenvalue weighted by Gasteiger charge is 2.18. The van der Waals surface area contributed by atoms with Crippen LogP contribution in [0.5, 0.6) is 0 Å². The third-order valence-electron chi connectivity index (χ3n) is 2.65. The van der Waals surface area contributed by atoms with Crippen LogP contribution in [0.15, 0.2) is 29.2 Å². The molecule has 0 saturated carbocycles. The SMILES string of the molecule is CC(=O)OC(C)c1ccc(S(=O)(=O)NC(=O)NC(C)C)cc1. The maximum absolute atomic E-state index is 12.0. The maximum atomic E-state index is 12.0. The van der Waals surface area contributed by atoms with Crippen molar-refractivity contribution in [1.29, 1.82) is 0 Å². The highest BCUT2D eigenvalue weighted by molar-refractivity contribution is 7.90. The Kier molecular flexibility index (Phi) is 5.92. The summed E-state index contributed by atoms with van der Waals surface area (Å²) in [6.45, 7) is 6.42. The minimum Gasteiger partial charge on any atom is -0.458 e. The highest BCUT2D eigenvalue weighted by atomic mass is 32.2. The fourth-order valence-corrected chi connectivity index (χ4v) is 2.62. The lowest BCUT2D eigenvalue weighted by Crippen LogP contribution is -2.42. The first kappa shape index (κ1) is 18.0. The molecule has 2 N–H and O–H groups in total. The molecule has 0 bridgehead atoms. The second kappa shape index (κ2) is 7.26. The summed E-state index contributed by atoms with van der Waals surface area (Å²) < 4.78 is 31.0. The maximum Gasteiger partial charge on any atom is 0.328 e. The Morgan fingerprint density at radius 3 is 2.09 bits per heavy atom. The Balaban J connectivity index is 2.84. The molecule has 2 amide bonds. The van der Waals surface area contributed by atoms with Gasteiger partial charge in [0.25, 0.3) is 10.0 Å². The number of hydrogen-bond donors (Lipinski definition) is 2. The zero-order chi connectivity index (χ0) is 16.9. The summed E-state index contributed by atoms with van der Waals surface area (Å²) in [5.41, 5.74) is 0.654. The first-order chi connectivity index (χ1) is 10.1. The van der Waals surface area contributed by atoms with Gasteiger partial charge in [0, 0.05) is 13.0 Å². The van der Waals surface area contributed by atoms with Crippen molar-refractivity contribution in [3.05, 3.63) is 29.8 Å². The topological polar surface area (TPSA) is 102 Å². The summed E-state index contributed by atoms with van der Waals surface area (Å²) in [5.74, 6) is -0.420. The van der Waals surface area contributed by atoms with Gasteiger partial charge in [-0.2, -0.15) is 0 Å². The molecule has 0 aliphatic heterocycles. The average Bonchev–Trinajstić information content (AvgIpc) is 2.36. The number of urea groups is 1. The standard InChI is InChI=1S/C14H20N2O5S/c1-9(2)15-14(18)16-22(19,20)13-7-5-12(6-8-13)10(3)21-11(4)17/h5-10H,1-4H3,(H2,15,16,18). The zero-order valence-electron chi connectivity index (χ0n) is 12.9. The van der Waals surface area contributed by atoms with Gasteiger partial charge in [-0.25, -0.2) is 17.9 Å². The molecule has 1 aromatic rings. The molecule has 0 aliphatic carbocycles. The Labute approximate surface area is 130 Å². The van der Waals surface area contributed by atoms with E-state index < -0.39 is 28.1 Å². The molecule has 0 fully saturated rings. The van der Waals surface area contributed by atoms with Crippen molar-refractivity contribution in [2.75, 3.05) is 0 Å². The summed E-state index contributed by atoms with van der Waals surface area (Å²) in [6, 6.07) is 4.79.